The van der Waals surface area contributed by atoms with Gasteiger partial charge in [0.1, 0.15) is 6.17 Å². The first-order valence-electron chi connectivity index (χ1n) is 9.20. The monoisotopic (exact) mass is 308 g/mol. The Balaban J connectivity index is 1.73. The van der Waals surface area contributed by atoms with Crippen LogP contribution in [0, 0.1) is 28.6 Å². The highest BCUT2D eigenvalue weighted by atomic mass is 19.1. The molecule has 0 aliphatic heterocycles. The molecule has 3 fully saturated rings. The minimum atomic E-state index is -1.25. The maximum absolute atomic E-state index is 14.5. The molecule has 0 bridgehead atoms. The van der Waals surface area contributed by atoms with E-state index in [1.807, 2.05) is 0 Å². The second kappa shape index (κ2) is 5.04. The minimum Gasteiger partial charge on any atom is -0.367 e. The van der Waals surface area contributed by atoms with Gasteiger partial charge in [-0.3, -0.25) is 0 Å². The van der Waals surface area contributed by atoms with Gasteiger partial charge in [0.05, 0.1) is 0 Å². The Hall–Kier alpha value is -0.410. The van der Waals surface area contributed by atoms with Crippen LogP contribution in [0.4, 0.5) is 4.39 Å². The Morgan fingerprint density at radius 2 is 1.95 bits per heavy atom. The predicted octanol–water partition coefficient (Wildman–Crippen LogP) is 3.97. The Labute approximate surface area is 132 Å². The lowest BCUT2D eigenvalue weighted by Crippen LogP contribution is -2.55. The average Bonchev–Trinajstić information content (AvgIpc) is 2.82. The van der Waals surface area contributed by atoms with Crippen LogP contribution in [0.5, 0.6) is 0 Å². The number of allylic oxidation sites excluding steroid dienone is 1. The largest absolute Gasteiger partial charge is 0.367 e. The lowest BCUT2D eigenvalue weighted by molar-refractivity contribution is -0.185. The van der Waals surface area contributed by atoms with Crippen LogP contribution in [-0.2, 0) is 0 Å². The summed E-state index contributed by atoms with van der Waals surface area (Å²) in [5.74, 6) is 1.27. The van der Waals surface area contributed by atoms with Gasteiger partial charge in [-0.1, -0.05) is 18.6 Å². The van der Waals surface area contributed by atoms with Crippen molar-refractivity contribution in [1.29, 1.82) is 0 Å². The van der Waals surface area contributed by atoms with Crippen molar-refractivity contribution in [3.63, 3.8) is 0 Å². The highest BCUT2D eigenvalue weighted by Crippen LogP contribution is 2.66. The first kappa shape index (κ1) is 15.1. The number of aliphatic hydroxyl groups excluding tert-OH is 1. The number of halogens is 1. The van der Waals surface area contributed by atoms with Crippen molar-refractivity contribution >= 4 is 0 Å². The molecule has 4 aliphatic rings. The molecular formula is C19H29FO2. The van der Waals surface area contributed by atoms with Crippen LogP contribution in [0.1, 0.15) is 64.7 Å². The van der Waals surface area contributed by atoms with Gasteiger partial charge in [-0.15, -0.1) is 0 Å². The minimum absolute atomic E-state index is 0.154. The third-order valence-electron chi connectivity index (χ3n) is 7.97. The summed E-state index contributed by atoms with van der Waals surface area (Å²) >= 11 is 0. The smallest absolute Gasteiger partial charge is 0.161 e. The molecule has 4 rings (SSSR count). The number of alkyl halides is 1. The fraction of sp³-hybridized carbons (Fsp3) is 0.895. The highest BCUT2D eigenvalue weighted by Gasteiger charge is 2.61. The average molecular weight is 308 g/mol. The molecule has 124 valence electrons. The Morgan fingerprint density at radius 1 is 1.14 bits per heavy atom. The number of fused-ring (bicyclic) bond motifs is 5. The maximum atomic E-state index is 14.5. The Kier molecular flexibility index (Phi) is 3.47. The molecule has 0 radical (unpaired) electrons. The molecule has 0 amide bonds. The summed E-state index contributed by atoms with van der Waals surface area (Å²) in [4.78, 5) is 0. The molecule has 2 N–H and O–H groups in total. The lowest BCUT2D eigenvalue weighted by Gasteiger charge is -2.59. The van der Waals surface area contributed by atoms with Crippen molar-refractivity contribution < 1.29 is 14.6 Å². The van der Waals surface area contributed by atoms with Crippen molar-refractivity contribution in [3.8, 4) is 0 Å². The lowest BCUT2D eigenvalue weighted by atomic mass is 9.46. The molecule has 0 aromatic heterocycles. The SMILES string of the molecule is C[C@]12CC[C@@H]3[C@@H](CCC4=CCCC[C@@]43C(O)O)[C@@H]1CCC2F. The molecule has 1 unspecified atom stereocenters. The summed E-state index contributed by atoms with van der Waals surface area (Å²) < 4.78 is 14.5. The van der Waals surface area contributed by atoms with E-state index in [2.05, 4.69) is 13.0 Å². The van der Waals surface area contributed by atoms with Gasteiger partial charge in [0.15, 0.2) is 6.29 Å². The molecule has 3 heteroatoms. The van der Waals surface area contributed by atoms with Gasteiger partial charge in [-0.25, -0.2) is 4.39 Å². The first-order valence-corrected chi connectivity index (χ1v) is 9.20. The summed E-state index contributed by atoms with van der Waals surface area (Å²) in [6, 6.07) is 0. The van der Waals surface area contributed by atoms with Crippen LogP contribution in [0.15, 0.2) is 11.6 Å². The quantitative estimate of drug-likeness (QED) is 0.568. The molecule has 22 heavy (non-hydrogen) atoms. The molecular weight excluding hydrogens is 279 g/mol. The number of hydrogen-bond donors (Lipinski definition) is 2. The summed E-state index contributed by atoms with van der Waals surface area (Å²) in [6.45, 7) is 2.15. The van der Waals surface area contributed by atoms with Gasteiger partial charge in [-0.05, 0) is 75.5 Å². The maximum Gasteiger partial charge on any atom is 0.161 e. The zero-order valence-electron chi connectivity index (χ0n) is 13.6. The van der Waals surface area contributed by atoms with Crippen molar-refractivity contribution in [2.45, 2.75) is 77.2 Å². The molecule has 0 heterocycles. The predicted molar refractivity (Wildman–Crippen MR) is 83.8 cm³/mol. The van der Waals surface area contributed by atoms with Crippen molar-refractivity contribution in [1.82, 2.24) is 0 Å². The molecule has 3 saturated carbocycles. The fourth-order valence-corrected chi connectivity index (χ4v) is 6.85. The van der Waals surface area contributed by atoms with Crippen LogP contribution in [0.3, 0.4) is 0 Å². The molecule has 0 saturated heterocycles. The van der Waals surface area contributed by atoms with E-state index in [-0.39, 0.29) is 5.41 Å². The van der Waals surface area contributed by atoms with Crippen molar-refractivity contribution in [2.24, 2.45) is 28.6 Å². The Morgan fingerprint density at radius 3 is 2.73 bits per heavy atom. The second-order valence-corrected chi connectivity index (χ2v) is 8.54. The van der Waals surface area contributed by atoms with E-state index in [0.717, 1.165) is 51.4 Å². The van der Waals surface area contributed by atoms with E-state index in [9.17, 15) is 14.6 Å². The summed E-state index contributed by atoms with van der Waals surface area (Å²) in [5.41, 5.74) is 0.726. The van der Waals surface area contributed by atoms with Gasteiger partial charge < -0.3 is 10.2 Å². The van der Waals surface area contributed by atoms with Crippen molar-refractivity contribution in [2.75, 3.05) is 0 Å². The van der Waals surface area contributed by atoms with Crippen LogP contribution >= 0.6 is 0 Å². The van der Waals surface area contributed by atoms with Gasteiger partial charge in [-0.2, -0.15) is 0 Å². The summed E-state index contributed by atoms with van der Waals surface area (Å²) in [5, 5.41) is 20.6. The van der Waals surface area contributed by atoms with Crippen LogP contribution < -0.4 is 0 Å². The number of hydrogen-bond acceptors (Lipinski definition) is 2. The van der Waals surface area contributed by atoms with Gasteiger partial charge >= 0.3 is 0 Å². The zero-order valence-corrected chi connectivity index (χ0v) is 13.6. The van der Waals surface area contributed by atoms with Gasteiger partial charge in [0.25, 0.3) is 0 Å². The number of aliphatic hydroxyl groups is 2. The standard InChI is InChI=1S/C19H29FO2/c1-18-11-9-15-13(14(18)7-8-16(18)20)6-5-12-4-2-3-10-19(12,15)17(21)22/h4,13-17,21-22H,2-3,5-11H2,1H3/t13-,14-,15+,16?,18-,19+/m0/s1. The molecule has 0 spiro atoms. The van der Waals surface area contributed by atoms with E-state index in [1.165, 1.54) is 5.57 Å². The molecule has 6 atom stereocenters. The number of rotatable bonds is 1. The second-order valence-electron chi connectivity index (χ2n) is 8.54. The van der Waals surface area contributed by atoms with Crippen molar-refractivity contribution in [3.05, 3.63) is 11.6 Å². The van der Waals surface area contributed by atoms with E-state index in [4.69, 9.17) is 0 Å². The van der Waals surface area contributed by atoms with Gasteiger partial charge in [0, 0.05) is 10.8 Å². The topological polar surface area (TPSA) is 40.5 Å². The third-order valence-corrected chi connectivity index (χ3v) is 7.97. The van der Waals surface area contributed by atoms with Gasteiger partial charge in [0.2, 0.25) is 0 Å². The van der Waals surface area contributed by atoms with E-state index >= 15 is 0 Å². The molecule has 0 aromatic rings. The van der Waals surface area contributed by atoms with Crippen LogP contribution in [0.25, 0.3) is 0 Å². The first-order chi connectivity index (χ1) is 10.5. The Bertz CT molecular complexity index is 488. The zero-order chi connectivity index (χ0) is 15.5. The fourth-order valence-electron chi connectivity index (χ4n) is 6.85. The van der Waals surface area contributed by atoms with Crippen LogP contribution in [0.2, 0.25) is 0 Å². The molecule has 0 aromatic carbocycles. The summed E-state index contributed by atoms with van der Waals surface area (Å²) in [7, 11) is 0. The van der Waals surface area contributed by atoms with E-state index in [1.54, 1.807) is 0 Å². The highest BCUT2D eigenvalue weighted by molar-refractivity contribution is 5.26. The van der Waals surface area contributed by atoms with E-state index in [0.29, 0.717) is 24.2 Å². The third kappa shape index (κ3) is 1.78. The summed E-state index contributed by atoms with van der Waals surface area (Å²) in [6.07, 6.45) is 9.11. The van der Waals surface area contributed by atoms with Crippen LogP contribution in [-0.4, -0.2) is 22.7 Å². The molecule has 4 aliphatic carbocycles. The normalized spacial score (nSPS) is 51.0. The van der Waals surface area contributed by atoms with E-state index < -0.39 is 17.9 Å². The molecule has 2 nitrogen and oxygen atoms in total.